The Morgan fingerprint density at radius 3 is 2.54 bits per heavy atom. The van der Waals surface area contributed by atoms with E-state index in [1.807, 2.05) is 13.0 Å². The number of aryl methyl sites for hydroxylation is 1. The first-order valence-electron chi connectivity index (χ1n) is 9.22. The molecule has 24 heavy (non-hydrogen) atoms. The van der Waals surface area contributed by atoms with Crippen molar-refractivity contribution in [2.24, 2.45) is 0 Å². The van der Waals surface area contributed by atoms with Crippen molar-refractivity contribution >= 4 is 11.6 Å². The fourth-order valence-electron chi connectivity index (χ4n) is 3.59. The molecule has 0 aromatic heterocycles. The van der Waals surface area contributed by atoms with Gasteiger partial charge in [0.05, 0.1) is 11.6 Å². The molecule has 2 rings (SSSR count). The maximum Gasteiger partial charge on any atom is 0.0994 e. The molecule has 0 aliphatic carbocycles. The van der Waals surface area contributed by atoms with Crippen molar-refractivity contribution in [2.45, 2.75) is 45.6 Å². The summed E-state index contributed by atoms with van der Waals surface area (Å²) in [4.78, 5) is 5.08. The van der Waals surface area contributed by atoms with Gasteiger partial charge in [-0.05, 0) is 30.5 Å². The molecule has 3 nitrogen and oxygen atoms in total. The average Bonchev–Trinajstić information content (AvgIpc) is 2.60. The van der Waals surface area contributed by atoms with Crippen molar-refractivity contribution in [3.05, 3.63) is 34.9 Å². The van der Waals surface area contributed by atoms with Crippen LogP contribution in [0.2, 0.25) is 0 Å². The largest absolute Gasteiger partial charge is 0.300 e. The highest BCUT2D eigenvalue weighted by Gasteiger charge is 2.24. The van der Waals surface area contributed by atoms with Crippen LogP contribution >= 0.6 is 11.6 Å². The van der Waals surface area contributed by atoms with Crippen LogP contribution in [-0.4, -0.2) is 48.4 Å². The Morgan fingerprint density at radius 2 is 1.96 bits per heavy atom. The maximum atomic E-state index is 9.17. The van der Waals surface area contributed by atoms with Gasteiger partial charge in [-0.2, -0.15) is 5.26 Å². The van der Waals surface area contributed by atoms with Crippen molar-refractivity contribution in [3.8, 4) is 6.07 Å². The highest BCUT2D eigenvalue weighted by Crippen LogP contribution is 2.29. The Labute approximate surface area is 152 Å². The van der Waals surface area contributed by atoms with Crippen LogP contribution in [0, 0.1) is 18.3 Å². The van der Waals surface area contributed by atoms with E-state index in [0.717, 1.165) is 49.7 Å². The number of unbranched alkanes of at least 4 members (excludes halogenated alkanes) is 2. The first kappa shape index (κ1) is 19.2. The zero-order valence-corrected chi connectivity index (χ0v) is 15.9. The molecule has 1 heterocycles. The van der Waals surface area contributed by atoms with Crippen molar-refractivity contribution < 1.29 is 0 Å². The van der Waals surface area contributed by atoms with Gasteiger partial charge < -0.3 is 0 Å². The zero-order chi connectivity index (χ0) is 17.4. The Bertz CT molecular complexity index is 544. The molecule has 4 heteroatoms. The lowest BCUT2D eigenvalue weighted by Gasteiger charge is -2.39. The smallest absolute Gasteiger partial charge is 0.0994 e. The lowest BCUT2D eigenvalue weighted by atomic mass is 9.95. The monoisotopic (exact) mass is 347 g/mol. The summed E-state index contributed by atoms with van der Waals surface area (Å²) in [5.41, 5.74) is 3.25. The van der Waals surface area contributed by atoms with Gasteiger partial charge in [-0.3, -0.25) is 9.80 Å². The normalized spacial score (nSPS) is 17.6. The number of hydrogen-bond acceptors (Lipinski definition) is 3. The second-order valence-corrected chi connectivity index (χ2v) is 7.14. The third-order valence-electron chi connectivity index (χ3n) is 5.09. The van der Waals surface area contributed by atoms with Gasteiger partial charge in [0.1, 0.15) is 0 Å². The van der Waals surface area contributed by atoms with E-state index in [0.29, 0.717) is 6.04 Å². The summed E-state index contributed by atoms with van der Waals surface area (Å²) in [5, 5.41) is 9.17. The van der Waals surface area contributed by atoms with Gasteiger partial charge >= 0.3 is 0 Å². The number of rotatable bonds is 8. The first-order chi connectivity index (χ1) is 11.7. The number of benzene rings is 1. The van der Waals surface area contributed by atoms with Gasteiger partial charge in [0.2, 0.25) is 0 Å². The Balaban J connectivity index is 2.10. The number of halogens is 1. The molecule has 0 amide bonds. The maximum absolute atomic E-state index is 9.17. The second-order valence-electron chi connectivity index (χ2n) is 6.76. The Kier molecular flexibility index (Phi) is 8.05. The van der Waals surface area contributed by atoms with Crippen molar-refractivity contribution in [1.29, 1.82) is 5.26 Å². The molecule has 1 fully saturated rings. The number of nitrogens with zero attached hydrogens (tertiary/aromatic N) is 3. The quantitative estimate of drug-likeness (QED) is 0.517. The van der Waals surface area contributed by atoms with Gasteiger partial charge in [-0.15, -0.1) is 11.6 Å². The second kappa shape index (κ2) is 10.0. The van der Waals surface area contributed by atoms with Crippen LogP contribution in [0.5, 0.6) is 0 Å². The van der Waals surface area contributed by atoms with Gasteiger partial charge in [-0.25, -0.2) is 0 Å². The van der Waals surface area contributed by atoms with Crippen LogP contribution < -0.4 is 0 Å². The van der Waals surface area contributed by atoms with E-state index >= 15 is 0 Å². The number of alkyl halides is 1. The number of nitriles is 1. The van der Waals surface area contributed by atoms with Gasteiger partial charge in [-0.1, -0.05) is 38.3 Å². The van der Waals surface area contributed by atoms with Crippen LogP contribution in [0.15, 0.2) is 18.2 Å². The predicted molar refractivity (Wildman–Crippen MR) is 102 cm³/mol. The third-order valence-corrected chi connectivity index (χ3v) is 5.25. The lowest BCUT2D eigenvalue weighted by Crippen LogP contribution is -2.48. The van der Waals surface area contributed by atoms with Gasteiger partial charge in [0.15, 0.2) is 0 Å². The average molecular weight is 348 g/mol. The molecule has 1 aliphatic heterocycles. The molecule has 132 valence electrons. The Hall–Kier alpha value is -1.08. The summed E-state index contributed by atoms with van der Waals surface area (Å²) in [7, 11) is 0. The molecule has 1 unspecified atom stereocenters. The molecule has 1 saturated heterocycles. The van der Waals surface area contributed by atoms with E-state index in [4.69, 9.17) is 11.6 Å². The molecule has 1 aromatic rings. The molecular formula is C20H30ClN3. The van der Waals surface area contributed by atoms with Crippen molar-refractivity contribution in [3.63, 3.8) is 0 Å². The molecule has 0 bridgehead atoms. The standard InChI is InChI=1S/C20H30ClN3/c1-3-4-5-6-20(18-7-8-19(16-22)17(2)15-18)24-13-11-23(10-9-21)12-14-24/h7-8,15,20H,3-6,9-14H2,1-2H3. The molecule has 0 radical (unpaired) electrons. The number of piperazine rings is 1. The molecule has 0 N–H and O–H groups in total. The summed E-state index contributed by atoms with van der Waals surface area (Å²) >= 11 is 5.88. The van der Waals surface area contributed by atoms with Crippen LogP contribution in [0.1, 0.15) is 55.3 Å². The molecule has 1 aliphatic rings. The Morgan fingerprint density at radius 1 is 1.21 bits per heavy atom. The first-order valence-corrected chi connectivity index (χ1v) is 9.76. The molecular weight excluding hydrogens is 318 g/mol. The van der Waals surface area contributed by atoms with E-state index in [1.165, 1.54) is 31.2 Å². The molecule has 0 spiro atoms. The molecule has 0 saturated carbocycles. The summed E-state index contributed by atoms with van der Waals surface area (Å²) in [6.45, 7) is 9.71. The minimum atomic E-state index is 0.473. The molecule has 1 atom stereocenters. The molecule has 1 aromatic carbocycles. The van der Waals surface area contributed by atoms with Crippen LogP contribution in [-0.2, 0) is 0 Å². The number of hydrogen-bond donors (Lipinski definition) is 0. The van der Waals surface area contributed by atoms with E-state index in [9.17, 15) is 5.26 Å². The highest BCUT2D eigenvalue weighted by molar-refractivity contribution is 6.18. The van der Waals surface area contributed by atoms with Crippen molar-refractivity contribution in [1.82, 2.24) is 9.80 Å². The van der Waals surface area contributed by atoms with Gasteiger partial charge in [0.25, 0.3) is 0 Å². The zero-order valence-electron chi connectivity index (χ0n) is 15.1. The summed E-state index contributed by atoms with van der Waals surface area (Å²) in [6.07, 6.45) is 5.01. The lowest BCUT2D eigenvalue weighted by molar-refractivity contribution is 0.0942. The minimum absolute atomic E-state index is 0.473. The van der Waals surface area contributed by atoms with E-state index in [1.54, 1.807) is 0 Å². The van der Waals surface area contributed by atoms with E-state index < -0.39 is 0 Å². The van der Waals surface area contributed by atoms with Gasteiger partial charge in [0, 0.05) is 44.6 Å². The third kappa shape index (κ3) is 5.21. The fraction of sp³-hybridized carbons (Fsp3) is 0.650. The van der Waals surface area contributed by atoms with E-state index in [-0.39, 0.29) is 0 Å². The van der Waals surface area contributed by atoms with E-state index in [2.05, 4.69) is 34.9 Å². The summed E-state index contributed by atoms with van der Waals surface area (Å²) in [6, 6.07) is 9.12. The van der Waals surface area contributed by atoms with Crippen molar-refractivity contribution in [2.75, 3.05) is 38.6 Å². The topological polar surface area (TPSA) is 30.3 Å². The van der Waals surface area contributed by atoms with Crippen LogP contribution in [0.3, 0.4) is 0 Å². The SMILES string of the molecule is CCCCCC(c1ccc(C#N)c(C)c1)N1CCN(CCCl)CC1. The summed E-state index contributed by atoms with van der Waals surface area (Å²) < 4.78 is 0. The van der Waals surface area contributed by atoms with Crippen LogP contribution in [0.4, 0.5) is 0 Å². The highest BCUT2D eigenvalue weighted by atomic mass is 35.5. The summed E-state index contributed by atoms with van der Waals surface area (Å²) in [5.74, 6) is 0.717. The van der Waals surface area contributed by atoms with Crippen LogP contribution in [0.25, 0.3) is 0 Å². The fourth-order valence-corrected chi connectivity index (χ4v) is 3.82. The minimum Gasteiger partial charge on any atom is -0.300 e. The predicted octanol–water partition coefficient (Wildman–Crippen LogP) is 4.34.